The molecule has 5 nitrogen and oxygen atoms in total. The van der Waals surface area contributed by atoms with Crippen molar-refractivity contribution < 1.29 is 9.59 Å². The number of likely N-dealkylation sites (N-methyl/N-ethyl adjacent to an activating group) is 1. The first-order valence-corrected chi connectivity index (χ1v) is 7.42. The molecule has 0 aromatic heterocycles. The summed E-state index contributed by atoms with van der Waals surface area (Å²) in [6.45, 7) is 8.02. The molecular formula is C16H23N3O2. The molecule has 0 unspecified atom stereocenters. The van der Waals surface area contributed by atoms with Crippen molar-refractivity contribution in [1.29, 1.82) is 0 Å². The first-order valence-electron chi connectivity index (χ1n) is 7.42. The van der Waals surface area contributed by atoms with E-state index < -0.39 is 0 Å². The minimum Gasteiger partial charge on any atom is -0.343 e. The Bertz CT molecular complexity index is 496. The predicted octanol–water partition coefficient (Wildman–Crippen LogP) is 1.12. The molecule has 1 heterocycles. The van der Waals surface area contributed by atoms with Crippen LogP contribution in [0, 0.1) is 6.92 Å². The van der Waals surface area contributed by atoms with Gasteiger partial charge in [0.1, 0.15) is 0 Å². The number of piperazine rings is 1. The number of rotatable bonds is 5. The third kappa shape index (κ3) is 4.04. The summed E-state index contributed by atoms with van der Waals surface area (Å²) in [5, 5.41) is 0. The van der Waals surface area contributed by atoms with E-state index in [2.05, 4.69) is 4.90 Å². The lowest BCUT2D eigenvalue weighted by molar-refractivity contribution is -0.121. The highest BCUT2D eigenvalue weighted by Gasteiger charge is 2.21. The molecule has 114 valence electrons. The molecule has 0 spiro atoms. The maximum absolute atomic E-state index is 12.5. The van der Waals surface area contributed by atoms with Crippen LogP contribution in [0.5, 0.6) is 0 Å². The maximum Gasteiger partial charge on any atom is 0.241 e. The van der Waals surface area contributed by atoms with Crippen molar-refractivity contribution in [3.05, 3.63) is 29.8 Å². The van der Waals surface area contributed by atoms with E-state index in [-0.39, 0.29) is 5.91 Å². The third-order valence-corrected chi connectivity index (χ3v) is 3.85. The highest BCUT2D eigenvalue weighted by Crippen LogP contribution is 2.16. The van der Waals surface area contributed by atoms with Gasteiger partial charge in [-0.05, 0) is 31.5 Å². The quantitative estimate of drug-likeness (QED) is 0.763. The lowest BCUT2D eigenvalue weighted by Crippen LogP contribution is -2.49. The lowest BCUT2D eigenvalue weighted by Gasteiger charge is -2.33. The first-order chi connectivity index (χ1) is 10.1. The van der Waals surface area contributed by atoms with Crippen molar-refractivity contribution in [2.24, 2.45) is 0 Å². The summed E-state index contributed by atoms with van der Waals surface area (Å²) < 4.78 is 0. The van der Waals surface area contributed by atoms with Crippen LogP contribution in [-0.4, -0.2) is 61.4 Å². The molecule has 1 aliphatic rings. The average Bonchev–Trinajstić information content (AvgIpc) is 2.49. The number of nitrogens with zero attached hydrogens (tertiary/aromatic N) is 3. The number of amides is 2. The second-order valence-corrected chi connectivity index (χ2v) is 5.39. The topological polar surface area (TPSA) is 43.9 Å². The van der Waals surface area contributed by atoms with E-state index in [1.165, 1.54) is 0 Å². The van der Waals surface area contributed by atoms with Gasteiger partial charge in [0.05, 0.1) is 6.54 Å². The fraction of sp³-hybridized carbons (Fsp3) is 0.500. The Labute approximate surface area is 126 Å². The van der Waals surface area contributed by atoms with Gasteiger partial charge >= 0.3 is 0 Å². The number of benzene rings is 1. The molecule has 2 amide bonds. The van der Waals surface area contributed by atoms with E-state index in [0.717, 1.165) is 30.8 Å². The van der Waals surface area contributed by atoms with Crippen molar-refractivity contribution in [2.45, 2.75) is 13.8 Å². The molecule has 0 saturated carbocycles. The zero-order valence-electron chi connectivity index (χ0n) is 12.8. The van der Waals surface area contributed by atoms with E-state index in [1.807, 2.05) is 43.0 Å². The summed E-state index contributed by atoms with van der Waals surface area (Å²) >= 11 is 0. The van der Waals surface area contributed by atoms with Crippen LogP contribution in [0.1, 0.15) is 12.5 Å². The van der Waals surface area contributed by atoms with Crippen LogP contribution < -0.4 is 4.90 Å². The molecule has 0 bridgehead atoms. The van der Waals surface area contributed by atoms with E-state index in [9.17, 15) is 9.59 Å². The summed E-state index contributed by atoms with van der Waals surface area (Å²) in [5.74, 6) is 0.114. The van der Waals surface area contributed by atoms with Gasteiger partial charge in [0.15, 0.2) is 0 Å². The van der Waals surface area contributed by atoms with E-state index in [0.29, 0.717) is 26.2 Å². The van der Waals surface area contributed by atoms with Gasteiger partial charge in [-0.1, -0.05) is 12.1 Å². The number of carbonyl (C=O) groups excluding carboxylic acids is 2. The summed E-state index contributed by atoms with van der Waals surface area (Å²) in [6, 6.07) is 8.01. The standard InChI is InChI=1S/C16H23N3O2/c1-3-19(15-6-4-5-14(2)11-15)16(21)12-17-7-9-18(13-20)10-8-17/h4-6,11,13H,3,7-10,12H2,1-2H3. The third-order valence-electron chi connectivity index (χ3n) is 3.85. The SMILES string of the molecule is CCN(C(=O)CN1CCN(C=O)CC1)c1cccc(C)c1. The molecule has 0 N–H and O–H groups in total. The zero-order chi connectivity index (χ0) is 15.2. The van der Waals surface area contributed by atoms with Gasteiger partial charge in [0.25, 0.3) is 0 Å². The van der Waals surface area contributed by atoms with Crippen molar-refractivity contribution in [2.75, 3.05) is 44.2 Å². The van der Waals surface area contributed by atoms with Crippen molar-refractivity contribution >= 4 is 18.0 Å². The number of hydrogen-bond acceptors (Lipinski definition) is 3. The van der Waals surface area contributed by atoms with Crippen LogP contribution in [0.2, 0.25) is 0 Å². The van der Waals surface area contributed by atoms with Gasteiger partial charge in [-0.15, -0.1) is 0 Å². The number of anilines is 1. The Morgan fingerprint density at radius 3 is 2.57 bits per heavy atom. The molecule has 1 fully saturated rings. The Morgan fingerprint density at radius 2 is 2.00 bits per heavy atom. The summed E-state index contributed by atoms with van der Waals surface area (Å²) in [4.78, 5) is 28.9. The lowest BCUT2D eigenvalue weighted by atomic mass is 10.2. The molecule has 0 radical (unpaired) electrons. The summed E-state index contributed by atoms with van der Waals surface area (Å²) in [7, 11) is 0. The van der Waals surface area contributed by atoms with Crippen molar-refractivity contribution in [3.63, 3.8) is 0 Å². The first kappa shape index (κ1) is 15.5. The fourth-order valence-corrected chi connectivity index (χ4v) is 2.60. The van der Waals surface area contributed by atoms with Crippen LogP contribution in [0.25, 0.3) is 0 Å². The molecule has 21 heavy (non-hydrogen) atoms. The molecular weight excluding hydrogens is 266 g/mol. The predicted molar refractivity (Wildman–Crippen MR) is 83.3 cm³/mol. The molecule has 0 atom stereocenters. The second kappa shape index (κ2) is 7.22. The van der Waals surface area contributed by atoms with Crippen LogP contribution in [0.3, 0.4) is 0 Å². The van der Waals surface area contributed by atoms with Gasteiger partial charge in [-0.3, -0.25) is 14.5 Å². The minimum atomic E-state index is 0.114. The molecule has 0 aliphatic carbocycles. The molecule has 2 rings (SSSR count). The molecule has 1 aliphatic heterocycles. The molecule has 1 saturated heterocycles. The zero-order valence-corrected chi connectivity index (χ0v) is 12.8. The van der Waals surface area contributed by atoms with Crippen LogP contribution in [0.15, 0.2) is 24.3 Å². The van der Waals surface area contributed by atoms with Crippen LogP contribution in [-0.2, 0) is 9.59 Å². The Kier molecular flexibility index (Phi) is 5.33. The Balaban J connectivity index is 1.96. The molecule has 1 aromatic rings. The van der Waals surface area contributed by atoms with Gasteiger partial charge in [-0.25, -0.2) is 0 Å². The normalized spacial score (nSPS) is 15.8. The number of carbonyl (C=O) groups is 2. The van der Waals surface area contributed by atoms with E-state index in [1.54, 1.807) is 4.90 Å². The van der Waals surface area contributed by atoms with Gasteiger partial charge in [-0.2, -0.15) is 0 Å². The van der Waals surface area contributed by atoms with Gasteiger partial charge in [0, 0.05) is 38.4 Å². The van der Waals surface area contributed by atoms with Crippen molar-refractivity contribution in [3.8, 4) is 0 Å². The monoisotopic (exact) mass is 289 g/mol. The highest BCUT2D eigenvalue weighted by atomic mass is 16.2. The maximum atomic E-state index is 12.5. The van der Waals surface area contributed by atoms with E-state index in [4.69, 9.17) is 0 Å². The number of aryl methyl sites for hydroxylation is 1. The van der Waals surface area contributed by atoms with Crippen LogP contribution >= 0.6 is 0 Å². The molecule has 1 aromatic carbocycles. The highest BCUT2D eigenvalue weighted by molar-refractivity contribution is 5.94. The smallest absolute Gasteiger partial charge is 0.241 e. The second-order valence-electron chi connectivity index (χ2n) is 5.39. The largest absolute Gasteiger partial charge is 0.343 e. The summed E-state index contributed by atoms with van der Waals surface area (Å²) in [6.07, 6.45) is 0.879. The van der Waals surface area contributed by atoms with Gasteiger partial charge < -0.3 is 9.80 Å². The van der Waals surface area contributed by atoms with Gasteiger partial charge in [0.2, 0.25) is 12.3 Å². The Hall–Kier alpha value is -1.88. The number of hydrogen-bond donors (Lipinski definition) is 0. The van der Waals surface area contributed by atoms with Crippen LogP contribution in [0.4, 0.5) is 5.69 Å². The fourth-order valence-electron chi connectivity index (χ4n) is 2.60. The Morgan fingerprint density at radius 1 is 1.29 bits per heavy atom. The minimum absolute atomic E-state index is 0.114. The van der Waals surface area contributed by atoms with Crippen molar-refractivity contribution in [1.82, 2.24) is 9.80 Å². The molecule has 5 heteroatoms. The summed E-state index contributed by atoms with van der Waals surface area (Å²) in [5.41, 5.74) is 2.10. The van der Waals surface area contributed by atoms with E-state index >= 15 is 0 Å². The average molecular weight is 289 g/mol.